The van der Waals surface area contributed by atoms with Crippen molar-refractivity contribution in [1.82, 2.24) is 4.98 Å². The van der Waals surface area contributed by atoms with E-state index in [2.05, 4.69) is 17.3 Å². The SMILES string of the molecule is CC1CCC(=O)CC1c1cscn1. The van der Waals surface area contributed by atoms with E-state index in [1.165, 1.54) is 0 Å². The van der Waals surface area contributed by atoms with Gasteiger partial charge in [0.25, 0.3) is 0 Å². The molecule has 0 spiro atoms. The lowest BCUT2D eigenvalue weighted by Crippen LogP contribution is -2.21. The van der Waals surface area contributed by atoms with Crippen LogP contribution in [0.1, 0.15) is 37.8 Å². The first-order valence-corrected chi connectivity index (χ1v) is 5.61. The van der Waals surface area contributed by atoms with Gasteiger partial charge in [-0.25, -0.2) is 4.98 Å². The molecule has 1 heterocycles. The maximum absolute atomic E-state index is 11.3. The van der Waals surface area contributed by atoms with Gasteiger partial charge in [0.15, 0.2) is 0 Å². The van der Waals surface area contributed by atoms with Crippen molar-refractivity contribution in [1.29, 1.82) is 0 Å². The predicted molar refractivity (Wildman–Crippen MR) is 52.9 cm³/mol. The van der Waals surface area contributed by atoms with Crippen LogP contribution >= 0.6 is 11.3 Å². The normalized spacial score (nSPS) is 29.2. The molecule has 2 unspecified atom stereocenters. The van der Waals surface area contributed by atoms with Crippen LogP contribution in [-0.4, -0.2) is 10.8 Å². The van der Waals surface area contributed by atoms with Crippen LogP contribution in [-0.2, 0) is 4.79 Å². The Labute approximate surface area is 82.0 Å². The van der Waals surface area contributed by atoms with Gasteiger partial charge in [-0.2, -0.15) is 0 Å². The van der Waals surface area contributed by atoms with Gasteiger partial charge in [-0.3, -0.25) is 4.79 Å². The van der Waals surface area contributed by atoms with Gasteiger partial charge in [0.05, 0.1) is 11.2 Å². The van der Waals surface area contributed by atoms with Crippen molar-refractivity contribution in [2.45, 2.75) is 32.1 Å². The second-order valence-corrected chi connectivity index (χ2v) is 4.50. The largest absolute Gasteiger partial charge is 0.300 e. The van der Waals surface area contributed by atoms with Crippen LogP contribution in [0, 0.1) is 5.92 Å². The van der Waals surface area contributed by atoms with E-state index in [-0.39, 0.29) is 0 Å². The maximum atomic E-state index is 11.3. The van der Waals surface area contributed by atoms with Crippen molar-refractivity contribution in [2.24, 2.45) is 5.92 Å². The van der Waals surface area contributed by atoms with Crippen molar-refractivity contribution >= 4 is 17.1 Å². The predicted octanol–water partition coefficient (Wildman–Crippen LogP) is 2.62. The molecule has 1 aliphatic carbocycles. The quantitative estimate of drug-likeness (QED) is 0.689. The minimum Gasteiger partial charge on any atom is -0.300 e. The summed E-state index contributed by atoms with van der Waals surface area (Å²) in [7, 11) is 0. The standard InChI is InChI=1S/C10H13NOS/c1-7-2-3-8(12)4-9(7)10-5-13-6-11-10/h5-7,9H,2-4H2,1H3. The number of thiazole rings is 1. The zero-order valence-electron chi connectivity index (χ0n) is 7.69. The van der Waals surface area contributed by atoms with E-state index in [9.17, 15) is 4.79 Å². The van der Waals surface area contributed by atoms with Crippen molar-refractivity contribution in [3.05, 3.63) is 16.6 Å². The van der Waals surface area contributed by atoms with E-state index >= 15 is 0 Å². The lowest BCUT2D eigenvalue weighted by atomic mass is 9.78. The average molecular weight is 195 g/mol. The zero-order chi connectivity index (χ0) is 9.26. The van der Waals surface area contributed by atoms with E-state index in [1.807, 2.05) is 5.51 Å². The highest BCUT2D eigenvalue weighted by Crippen LogP contribution is 2.35. The molecule has 2 nitrogen and oxygen atoms in total. The van der Waals surface area contributed by atoms with Gasteiger partial charge in [-0.15, -0.1) is 11.3 Å². The Balaban J connectivity index is 2.17. The van der Waals surface area contributed by atoms with Gasteiger partial charge in [-0.1, -0.05) is 6.92 Å². The first-order chi connectivity index (χ1) is 6.27. The van der Waals surface area contributed by atoms with Gasteiger partial charge in [0.2, 0.25) is 0 Å². The summed E-state index contributed by atoms with van der Waals surface area (Å²) in [6.45, 7) is 2.22. The van der Waals surface area contributed by atoms with Gasteiger partial charge in [0, 0.05) is 24.1 Å². The third-order valence-electron chi connectivity index (χ3n) is 2.84. The molecule has 0 N–H and O–H groups in total. The smallest absolute Gasteiger partial charge is 0.133 e. The highest BCUT2D eigenvalue weighted by Gasteiger charge is 2.28. The second kappa shape index (κ2) is 3.58. The lowest BCUT2D eigenvalue weighted by molar-refractivity contribution is -0.121. The van der Waals surface area contributed by atoms with Crippen LogP contribution < -0.4 is 0 Å². The summed E-state index contributed by atoms with van der Waals surface area (Å²) in [6.07, 6.45) is 2.49. The Hall–Kier alpha value is -0.700. The summed E-state index contributed by atoms with van der Waals surface area (Å²) in [5, 5.41) is 2.07. The summed E-state index contributed by atoms with van der Waals surface area (Å²) < 4.78 is 0. The van der Waals surface area contributed by atoms with Gasteiger partial charge >= 0.3 is 0 Å². The molecule has 0 radical (unpaired) electrons. The Morgan fingerprint density at radius 2 is 2.46 bits per heavy atom. The number of nitrogens with zero attached hydrogens (tertiary/aromatic N) is 1. The number of hydrogen-bond acceptors (Lipinski definition) is 3. The monoisotopic (exact) mass is 195 g/mol. The molecule has 1 fully saturated rings. The fraction of sp³-hybridized carbons (Fsp3) is 0.600. The van der Waals surface area contributed by atoms with Crippen LogP contribution in [0.15, 0.2) is 10.9 Å². The van der Waals surface area contributed by atoms with E-state index in [0.717, 1.165) is 18.5 Å². The van der Waals surface area contributed by atoms with Gasteiger partial charge in [0.1, 0.15) is 5.78 Å². The van der Waals surface area contributed by atoms with Crippen LogP contribution in [0.4, 0.5) is 0 Å². The summed E-state index contributed by atoms with van der Waals surface area (Å²) in [5.41, 5.74) is 2.96. The van der Waals surface area contributed by atoms with Crippen LogP contribution in [0.25, 0.3) is 0 Å². The molecular weight excluding hydrogens is 182 g/mol. The van der Waals surface area contributed by atoms with Crippen molar-refractivity contribution in [3.63, 3.8) is 0 Å². The minimum atomic E-state index is 0.382. The molecule has 1 aromatic heterocycles. The molecule has 13 heavy (non-hydrogen) atoms. The summed E-state index contributed by atoms with van der Waals surface area (Å²) >= 11 is 1.61. The van der Waals surface area contributed by atoms with Crippen molar-refractivity contribution in [2.75, 3.05) is 0 Å². The fourth-order valence-corrected chi connectivity index (χ4v) is 2.56. The molecule has 1 saturated carbocycles. The highest BCUT2D eigenvalue weighted by atomic mass is 32.1. The third-order valence-corrected chi connectivity index (χ3v) is 3.45. The molecule has 0 bridgehead atoms. The minimum absolute atomic E-state index is 0.382. The summed E-state index contributed by atoms with van der Waals surface area (Å²) in [4.78, 5) is 15.6. The topological polar surface area (TPSA) is 30.0 Å². The number of Topliss-reactive ketones (excluding diaryl/α,β-unsaturated/α-hetero) is 1. The molecule has 1 aliphatic rings. The molecular formula is C10H13NOS. The number of aromatic nitrogens is 1. The molecule has 2 atom stereocenters. The van der Waals surface area contributed by atoms with Crippen LogP contribution in [0.2, 0.25) is 0 Å². The fourth-order valence-electron chi connectivity index (χ4n) is 1.94. The summed E-state index contributed by atoms with van der Waals surface area (Å²) in [6, 6.07) is 0. The Morgan fingerprint density at radius 1 is 1.62 bits per heavy atom. The molecule has 1 aromatic rings. The Bertz CT molecular complexity index is 294. The van der Waals surface area contributed by atoms with E-state index in [1.54, 1.807) is 11.3 Å². The maximum Gasteiger partial charge on any atom is 0.133 e. The van der Waals surface area contributed by atoms with Gasteiger partial charge < -0.3 is 0 Å². The number of rotatable bonds is 1. The van der Waals surface area contributed by atoms with E-state index in [4.69, 9.17) is 0 Å². The molecule has 0 aromatic carbocycles. The van der Waals surface area contributed by atoms with Crippen LogP contribution in [0.3, 0.4) is 0 Å². The van der Waals surface area contributed by atoms with Gasteiger partial charge in [-0.05, 0) is 12.3 Å². The first kappa shape index (κ1) is 8.88. The summed E-state index contributed by atoms with van der Waals surface area (Å²) in [5.74, 6) is 1.39. The zero-order valence-corrected chi connectivity index (χ0v) is 8.51. The number of carbonyl (C=O) groups excluding carboxylic acids is 1. The number of ketones is 1. The van der Waals surface area contributed by atoms with E-state index in [0.29, 0.717) is 24.0 Å². The molecule has 0 amide bonds. The molecule has 0 aliphatic heterocycles. The van der Waals surface area contributed by atoms with Crippen molar-refractivity contribution in [3.8, 4) is 0 Å². The molecule has 70 valence electrons. The van der Waals surface area contributed by atoms with E-state index < -0.39 is 0 Å². The average Bonchev–Trinajstić information content (AvgIpc) is 2.61. The molecule has 3 heteroatoms. The number of carbonyl (C=O) groups is 1. The number of hydrogen-bond donors (Lipinski definition) is 0. The van der Waals surface area contributed by atoms with Crippen molar-refractivity contribution < 1.29 is 4.79 Å². The molecule has 0 saturated heterocycles. The third kappa shape index (κ3) is 1.80. The first-order valence-electron chi connectivity index (χ1n) is 4.67. The highest BCUT2D eigenvalue weighted by molar-refractivity contribution is 7.07. The molecule has 2 rings (SSSR count). The Morgan fingerprint density at radius 3 is 3.15 bits per heavy atom. The second-order valence-electron chi connectivity index (χ2n) is 3.78. The lowest BCUT2D eigenvalue weighted by Gasteiger charge is -2.26. The van der Waals surface area contributed by atoms with Crippen LogP contribution in [0.5, 0.6) is 0 Å². The Kier molecular flexibility index (Phi) is 2.44.